The van der Waals surface area contributed by atoms with Gasteiger partial charge >= 0.3 is 6.03 Å². The Morgan fingerprint density at radius 1 is 1.33 bits per heavy atom. The van der Waals surface area contributed by atoms with E-state index in [4.69, 9.17) is 4.74 Å². The Bertz CT molecular complexity index is 778. The van der Waals surface area contributed by atoms with Gasteiger partial charge in [0.25, 0.3) is 0 Å². The average molecular weight is 386 g/mol. The molecule has 1 aromatic carbocycles. The van der Waals surface area contributed by atoms with E-state index in [1.54, 1.807) is 18.4 Å². The number of thiazole rings is 1. The van der Waals surface area contributed by atoms with Crippen molar-refractivity contribution < 1.29 is 9.53 Å². The van der Waals surface area contributed by atoms with Crippen LogP contribution in [0.5, 0.6) is 5.75 Å². The van der Waals surface area contributed by atoms with Gasteiger partial charge in [-0.1, -0.05) is 6.07 Å². The lowest BCUT2D eigenvalue weighted by molar-refractivity contribution is 0.150. The second-order valence-electron chi connectivity index (χ2n) is 7.42. The lowest BCUT2D eigenvalue weighted by Gasteiger charge is -2.35. The number of ether oxygens (including phenoxy) is 1. The Morgan fingerprint density at radius 2 is 2.26 bits per heavy atom. The van der Waals surface area contributed by atoms with E-state index in [2.05, 4.69) is 22.4 Å². The number of rotatable bonds is 4. The Kier molecular flexibility index (Phi) is 5.62. The number of nitrogens with zero attached hydrogens (tertiary/aromatic N) is 2. The summed E-state index contributed by atoms with van der Waals surface area (Å²) in [7, 11) is 1.71. The summed E-state index contributed by atoms with van der Waals surface area (Å²) in [6, 6.07) is 6.52. The molecule has 4 rings (SSSR count). The predicted octanol–water partition coefficient (Wildman–Crippen LogP) is 4.51. The van der Waals surface area contributed by atoms with Gasteiger partial charge in [-0.25, -0.2) is 9.78 Å². The van der Waals surface area contributed by atoms with E-state index < -0.39 is 0 Å². The first kappa shape index (κ1) is 18.3. The van der Waals surface area contributed by atoms with Gasteiger partial charge in [-0.3, -0.25) is 0 Å². The zero-order chi connectivity index (χ0) is 18.6. The van der Waals surface area contributed by atoms with Gasteiger partial charge in [-0.15, -0.1) is 11.3 Å². The van der Waals surface area contributed by atoms with Crippen LogP contribution in [0.15, 0.2) is 29.8 Å². The minimum absolute atomic E-state index is 0.0514. The van der Waals surface area contributed by atoms with E-state index in [9.17, 15) is 4.79 Å². The molecule has 2 heterocycles. The first-order valence-electron chi connectivity index (χ1n) is 9.87. The normalized spacial score (nSPS) is 22.2. The fraction of sp³-hybridized carbons (Fsp3) is 0.524. The van der Waals surface area contributed by atoms with Crippen molar-refractivity contribution in [3.05, 3.63) is 45.9 Å². The Balaban J connectivity index is 1.42. The summed E-state index contributed by atoms with van der Waals surface area (Å²) in [6.07, 6.45) is 8.44. The highest BCUT2D eigenvalue weighted by atomic mass is 32.1. The molecule has 0 spiro atoms. The topological polar surface area (TPSA) is 54.5 Å². The third-order valence-electron chi connectivity index (χ3n) is 5.79. The van der Waals surface area contributed by atoms with E-state index in [1.807, 2.05) is 22.5 Å². The number of carbonyl (C=O) groups is 1. The number of piperidine rings is 1. The first-order valence-corrected chi connectivity index (χ1v) is 10.7. The molecule has 1 saturated heterocycles. The lowest BCUT2D eigenvalue weighted by Crippen LogP contribution is -2.45. The maximum Gasteiger partial charge on any atom is 0.318 e. The molecule has 0 radical (unpaired) electrons. The van der Waals surface area contributed by atoms with Crippen LogP contribution >= 0.6 is 11.3 Å². The Morgan fingerprint density at radius 3 is 3.07 bits per heavy atom. The fourth-order valence-corrected chi connectivity index (χ4v) is 5.16. The first-order chi connectivity index (χ1) is 13.3. The monoisotopic (exact) mass is 385 g/mol. The largest absolute Gasteiger partial charge is 0.497 e. The third-order valence-corrected chi connectivity index (χ3v) is 6.67. The van der Waals surface area contributed by atoms with Crippen LogP contribution in [0.1, 0.15) is 60.2 Å². The zero-order valence-electron chi connectivity index (χ0n) is 15.8. The highest BCUT2D eigenvalue weighted by Crippen LogP contribution is 2.34. The molecule has 1 fully saturated rings. The van der Waals surface area contributed by atoms with Crippen LogP contribution in [-0.4, -0.2) is 36.1 Å². The molecular weight excluding hydrogens is 358 g/mol. The van der Waals surface area contributed by atoms with Crippen LogP contribution in [0, 0.1) is 0 Å². The van der Waals surface area contributed by atoms with E-state index in [0.717, 1.165) is 55.8 Å². The van der Waals surface area contributed by atoms with Gasteiger partial charge in [0.1, 0.15) is 10.8 Å². The van der Waals surface area contributed by atoms with Crippen LogP contribution in [-0.2, 0) is 6.42 Å². The molecule has 2 aromatic rings. The number of hydrogen-bond donors (Lipinski definition) is 1. The molecule has 0 saturated carbocycles. The molecule has 27 heavy (non-hydrogen) atoms. The van der Waals surface area contributed by atoms with Crippen molar-refractivity contribution in [3.8, 4) is 5.75 Å². The van der Waals surface area contributed by atoms with Crippen LogP contribution < -0.4 is 10.1 Å². The number of nitrogens with one attached hydrogen (secondary N) is 1. The molecule has 1 aliphatic carbocycles. The van der Waals surface area contributed by atoms with Gasteiger partial charge in [-0.2, -0.15) is 0 Å². The number of amides is 2. The van der Waals surface area contributed by atoms with E-state index in [-0.39, 0.29) is 12.1 Å². The molecule has 0 bridgehead atoms. The van der Waals surface area contributed by atoms with Gasteiger partial charge in [0.15, 0.2) is 0 Å². The minimum atomic E-state index is 0.0514. The second kappa shape index (κ2) is 8.30. The predicted molar refractivity (Wildman–Crippen MR) is 107 cm³/mol. The quantitative estimate of drug-likeness (QED) is 0.842. The highest BCUT2D eigenvalue weighted by Gasteiger charge is 2.30. The van der Waals surface area contributed by atoms with Crippen molar-refractivity contribution in [2.24, 2.45) is 0 Å². The molecule has 5 nitrogen and oxygen atoms in total. The molecule has 1 N–H and O–H groups in total. The van der Waals surface area contributed by atoms with Gasteiger partial charge in [0.05, 0.1) is 13.2 Å². The highest BCUT2D eigenvalue weighted by molar-refractivity contribution is 7.09. The zero-order valence-corrected chi connectivity index (χ0v) is 16.6. The van der Waals surface area contributed by atoms with E-state index >= 15 is 0 Å². The number of likely N-dealkylation sites (tertiary alicyclic amines) is 1. The van der Waals surface area contributed by atoms with Crippen molar-refractivity contribution >= 4 is 17.4 Å². The summed E-state index contributed by atoms with van der Waals surface area (Å²) in [5.74, 6) is 1.30. The van der Waals surface area contributed by atoms with E-state index in [0.29, 0.717) is 12.5 Å². The maximum atomic E-state index is 12.9. The number of aromatic nitrogens is 1. The molecule has 0 unspecified atom stereocenters. The van der Waals surface area contributed by atoms with Crippen molar-refractivity contribution in [1.29, 1.82) is 0 Å². The smallest absolute Gasteiger partial charge is 0.318 e. The molecule has 1 aliphatic heterocycles. The Hall–Kier alpha value is -2.08. The number of methoxy groups -OCH3 is 1. The number of benzene rings is 1. The van der Waals surface area contributed by atoms with Gasteiger partial charge < -0.3 is 15.0 Å². The SMILES string of the molecule is COc1ccc2c(c1)CCC[C@H]2CNC(=O)N1CCCC[C@@H]1c1nccs1. The molecule has 144 valence electrons. The standard InChI is InChI=1S/C21H27N3O2S/c1-26-17-8-9-18-15(13-17)5-4-6-16(18)14-23-21(25)24-11-3-2-7-19(24)20-22-10-12-27-20/h8-10,12-13,16,19H,2-7,11,14H2,1H3,(H,23,25)/t16-,19+/m0/s1. The maximum absolute atomic E-state index is 12.9. The summed E-state index contributed by atoms with van der Waals surface area (Å²) in [4.78, 5) is 19.4. The van der Waals surface area contributed by atoms with Crippen LogP contribution in [0.25, 0.3) is 0 Å². The molecule has 6 heteroatoms. The number of aryl methyl sites for hydroxylation is 1. The van der Waals surface area contributed by atoms with Crippen LogP contribution in [0.4, 0.5) is 4.79 Å². The van der Waals surface area contributed by atoms with Crippen molar-refractivity contribution in [2.75, 3.05) is 20.2 Å². The Labute approximate surface area is 164 Å². The molecule has 2 atom stereocenters. The van der Waals surface area contributed by atoms with Gasteiger partial charge in [0, 0.05) is 30.6 Å². The number of carbonyl (C=O) groups excluding carboxylic acids is 1. The average Bonchev–Trinajstić information content (AvgIpc) is 3.26. The number of hydrogen-bond acceptors (Lipinski definition) is 4. The third kappa shape index (κ3) is 3.95. The summed E-state index contributed by atoms with van der Waals surface area (Å²) < 4.78 is 5.36. The summed E-state index contributed by atoms with van der Waals surface area (Å²) in [5.41, 5.74) is 2.72. The summed E-state index contributed by atoms with van der Waals surface area (Å²) >= 11 is 1.65. The number of fused-ring (bicyclic) bond motifs is 1. The van der Waals surface area contributed by atoms with Crippen LogP contribution in [0.2, 0.25) is 0 Å². The number of urea groups is 1. The van der Waals surface area contributed by atoms with Gasteiger partial charge in [-0.05, 0) is 61.8 Å². The van der Waals surface area contributed by atoms with Crippen molar-refractivity contribution in [3.63, 3.8) is 0 Å². The molecule has 2 amide bonds. The molecular formula is C21H27N3O2S. The second-order valence-corrected chi connectivity index (χ2v) is 8.34. The molecule has 2 aliphatic rings. The van der Waals surface area contributed by atoms with Crippen LogP contribution in [0.3, 0.4) is 0 Å². The molecule has 1 aromatic heterocycles. The van der Waals surface area contributed by atoms with Crippen molar-refractivity contribution in [2.45, 2.75) is 50.5 Å². The van der Waals surface area contributed by atoms with Crippen molar-refractivity contribution in [1.82, 2.24) is 15.2 Å². The van der Waals surface area contributed by atoms with Gasteiger partial charge in [0.2, 0.25) is 0 Å². The summed E-state index contributed by atoms with van der Waals surface area (Å²) in [5, 5.41) is 6.26. The lowest BCUT2D eigenvalue weighted by atomic mass is 9.82. The summed E-state index contributed by atoms with van der Waals surface area (Å²) in [6.45, 7) is 1.51. The van der Waals surface area contributed by atoms with E-state index in [1.165, 1.54) is 11.1 Å². The fourth-order valence-electron chi connectivity index (χ4n) is 4.37. The minimum Gasteiger partial charge on any atom is -0.497 e.